The van der Waals surface area contributed by atoms with Crippen LogP contribution in [-0.2, 0) is 9.84 Å². The molecule has 1 aliphatic carbocycles. The third-order valence-corrected chi connectivity index (χ3v) is 7.20. The number of benzene rings is 2. The predicted octanol–water partition coefficient (Wildman–Crippen LogP) is 2.04. The first-order valence-corrected chi connectivity index (χ1v) is 9.19. The molecule has 0 aliphatic heterocycles. The van der Waals surface area contributed by atoms with E-state index in [1.807, 2.05) is 6.92 Å². The molecule has 0 aromatic heterocycles. The van der Waals surface area contributed by atoms with Crippen molar-refractivity contribution in [1.82, 2.24) is 0 Å². The third kappa shape index (κ3) is 2.55. The van der Waals surface area contributed by atoms with Gasteiger partial charge in [0.2, 0.25) is 0 Å². The van der Waals surface area contributed by atoms with Gasteiger partial charge in [-0.25, -0.2) is 12.8 Å². The molecule has 0 spiro atoms. The van der Waals surface area contributed by atoms with E-state index in [4.69, 9.17) is 0 Å². The number of halogens is 1. The Morgan fingerprint density at radius 1 is 1.08 bits per heavy atom. The van der Waals surface area contributed by atoms with E-state index >= 15 is 0 Å². The van der Waals surface area contributed by atoms with Crippen LogP contribution in [-0.4, -0.2) is 37.1 Å². The summed E-state index contributed by atoms with van der Waals surface area (Å²) in [7, 11) is -3.77. The van der Waals surface area contributed by atoms with Gasteiger partial charge in [-0.1, -0.05) is 29.8 Å². The van der Waals surface area contributed by atoms with E-state index in [0.29, 0.717) is 5.56 Å². The first-order chi connectivity index (χ1) is 11.4. The summed E-state index contributed by atoms with van der Waals surface area (Å²) in [6.07, 6.45) is 0. The van der Waals surface area contributed by atoms with Crippen LogP contribution in [0.5, 0.6) is 0 Å². The molecule has 0 bridgehead atoms. The maximum absolute atomic E-state index is 13.5. The van der Waals surface area contributed by atoms with E-state index in [-0.39, 0.29) is 4.90 Å². The monoisotopic (exact) mass is 350 g/mol. The second kappa shape index (κ2) is 5.95. The van der Waals surface area contributed by atoms with E-state index in [2.05, 4.69) is 0 Å². The van der Waals surface area contributed by atoms with E-state index in [9.17, 15) is 23.0 Å². The Balaban J connectivity index is 2.06. The summed E-state index contributed by atoms with van der Waals surface area (Å²) >= 11 is 0. The molecule has 2 aromatic rings. The predicted molar refractivity (Wildman–Crippen MR) is 87.9 cm³/mol. The van der Waals surface area contributed by atoms with Crippen LogP contribution in [0.3, 0.4) is 0 Å². The van der Waals surface area contributed by atoms with Crippen molar-refractivity contribution in [2.45, 2.75) is 23.0 Å². The largest absolute Gasteiger partial charge is 0.396 e. The summed E-state index contributed by atoms with van der Waals surface area (Å²) in [6, 6.07) is 12.1. The molecular weight excluding hydrogens is 331 g/mol. The lowest BCUT2D eigenvalue weighted by Gasteiger charge is -2.11. The van der Waals surface area contributed by atoms with Crippen molar-refractivity contribution in [3.63, 3.8) is 0 Å². The zero-order valence-electron chi connectivity index (χ0n) is 13.2. The van der Waals surface area contributed by atoms with Crippen molar-refractivity contribution in [1.29, 1.82) is 0 Å². The van der Waals surface area contributed by atoms with Crippen LogP contribution in [0.4, 0.5) is 4.39 Å². The van der Waals surface area contributed by atoms with Crippen molar-refractivity contribution in [3.05, 3.63) is 65.5 Å². The van der Waals surface area contributed by atoms with Gasteiger partial charge in [0, 0.05) is 11.3 Å². The van der Waals surface area contributed by atoms with E-state index < -0.39 is 45.5 Å². The Morgan fingerprint density at radius 2 is 1.71 bits per heavy atom. The quantitative estimate of drug-likeness (QED) is 0.865. The van der Waals surface area contributed by atoms with Crippen LogP contribution < -0.4 is 0 Å². The van der Waals surface area contributed by atoms with Crippen molar-refractivity contribution >= 4 is 9.84 Å². The molecule has 2 N–H and O–H groups in total. The zero-order chi connectivity index (χ0) is 17.5. The lowest BCUT2D eigenvalue weighted by molar-refractivity contribution is 0.130. The fraction of sp³-hybridized carbons (Fsp3) is 0.333. The minimum absolute atomic E-state index is 0.142. The third-order valence-electron chi connectivity index (χ3n) is 4.86. The van der Waals surface area contributed by atoms with Crippen LogP contribution >= 0.6 is 0 Å². The van der Waals surface area contributed by atoms with Crippen LogP contribution in [0.25, 0.3) is 0 Å². The Kier molecular flexibility index (Phi) is 4.23. The fourth-order valence-electron chi connectivity index (χ4n) is 3.45. The van der Waals surface area contributed by atoms with Gasteiger partial charge in [-0.2, -0.15) is 0 Å². The molecule has 4 nitrogen and oxygen atoms in total. The van der Waals surface area contributed by atoms with Gasteiger partial charge in [-0.15, -0.1) is 0 Å². The maximum atomic E-state index is 13.5. The highest BCUT2D eigenvalue weighted by Gasteiger charge is 2.70. The first-order valence-electron chi connectivity index (χ1n) is 7.64. The van der Waals surface area contributed by atoms with Crippen LogP contribution in [0.15, 0.2) is 53.4 Å². The number of sulfone groups is 1. The van der Waals surface area contributed by atoms with E-state index in [1.165, 1.54) is 30.3 Å². The van der Waals surface area contributed by atoms with Crippen LogP contribution in [0.2, 0.25) is 0 Å². The summed E-state index contributed by atoms with van der Waals surface area (Å²) in [4.78, 5) is 0.142. The minimum Gasteiger partial charge on any atom is -0.396 e. The SMILES string of the molecule is Cc1ccc(S(=O)(=O)C2C(c3cccc(F)c3)C2(CO)CO)cc1. The zero-order valence-corrected chi connectivity index (χ0v) is 14.0. The molecule has 128 valence electrons. The molecule has 1 fully saturated rings. The molecule has 0 heterocycles. The van der Waals surface area contributed by atoms with E-state index in [0.717, 1.165) is 5.56 Å². The summed E-state index contributed by atoms with van der Waals surface area (Å²) in [5, 5.41) is 18.5. The van der Waals surface area contributed by atoms with Crippen molar-refractivity contribution in [2.75, 3.05) is 13.2 Å². The highest BCUT2D eigenvalue weighted by molar-refractivity contribution is 7.92. The van der Waals surface area contributed by atoms with Crippen molar-refractivity contribution in [3.8, 4) is 0 Å². The van der Waals surface area contributed by atoms with Gasteiger partial charge in [-0.05, 0) is 36.8 Å². The van der Waals surface area contributed by atoms with Gasteiger partial charge < -0.3 is 10.2 Å². The van der Waals surface area contributed by atoms with E-state index in [1.54, 1.807) is 18.2 Å². The van der Waals surface area contributed by atoms with Gasteiger partial charge in [0.15, 0.2) is 9.84 Å². The maximum Gasteiger partial charge on any atom is 0.182 e. The Bertz CT molecular complexity index is 842. The highest BCUT2D eigenvalue weighted by Crippen LogP contribution is 2.63. The summed E-state index contributed by atoms with van der Waals surface area (Å²) in [6.45, 7) is 0.885. The van der Waals surface area contributed by atoms with Gasteiger partial charge in [0.1, 0.15) is 5.82 Å². The number of hydrogen-bond acceptors (Lipinski definition) is 4. The Labute approximate surface area is 140 Å². The number of aliphatic hydroxyl groups excluding tert-OH is 2. The average molecular weight is 350 g/mol. The van der Waals surface area contributed by atoms with Crippen molar-refractivity contribution in [2.24, 2.45) is 5.41 Å². The Morgan fingerprint density at radius 3 is 2.25 bits per heavy atom. The van der Waals surface area contributed by atoms with Gasteiger partial charge >= 0.3 is 0 Å². The van der Waals surface area contributed by atoms with Crippen LogP contribution in [0, 0.1) is 18.2 Å². The average Bonchev–Trinajstić information content (AvgIpc) is 3.26. The molecule has 2 atom stereocenters. The molecular formula is C18H19FO4S. The molecule has 0 amide bonds. The molecule has 2 unspecified atom stereocenters. The summed E-state index contributed by atoms with van der Waals surface area (Å²) in [5.74, 6) is -1.12. The molecule has 0 radical (unpaired) electrons. The fourth-order valence-corrected chi connectivity index (χ4v) is 5.88. The standard InChI is InChI=1S/C18H19FO4S/c1-12-5-7-15(8-6-12)24(22,23)17-16(18(17,10-20)11-21)13-3-2-4-14(19)9-13/h2-9,16-17,20-21H,10-11H2,1H3. The topological polar surface area (TPSA) is 74.6 Å². The molecule has 1 aliphatic rings. The van der Waals surface area contributed by atoms with Crippen LogP contribution in [0.1, 0.15) is 17.0 Å². The molecule has 3 rings (SSSR count). The minimum atomic E-state index is -3.77. The van der Waals surface area contributed by atoms with Crippen molar-refractivity contribution < 1.29 is 23.0 Å². The number of aliphatic hydroxyl groups is 2. The molecule has 24 heavy (non-hydrogen) atoms. The molecule has 2 aromatic carbocycles. The summed E-state index contributed by atoms with van der Waals surface area (Å²) < 4.78 is 39.5. The van der Waals surface area contributed by atoms with Gasteiger partial charge in [-0.3, -0.25) is 0 Å². The molecule has 1 saturated carbocycles. The van der Waals surface area contributed by atoms with Gasteiger partial charge in [0.25, 0.3) is 0 Å². The lowest BCUT2D eigenvalue weighted by atomic mass is 10.0. The second-order valence-electron chi connectivity index (χ2n) is 6.36. The first kappa shape index (κ1) is 17.1. The Hall–Kier alpha value is -1.76. The van der Waals surface area contributed by atoms with Gasteiger partial charge in [0.05, 0.1) is 23.4 Å². The molecule has 0 saturated heterocycles. The molecule has 6 heteroatoms. The highest BCUT2D eigenvalue weighted by atomic mass is 32.2. The normalized spacial score (nSPS) is 22.3. The number of rotatable bonds is 5. The summed E-state index contributed by atoms with van der Waals surface area (Å²) in [5.41, 5.74) is 0.207. The second-order valence-corrected chi connectivity index (χ2v) is 8.43. The number of hydrogen-bond donors (Lipinski definition) is 2. The lowest BCUT2D eigenvalue weighted by Crippen LogP contribution is -2.23. The smallest absolute Gasteiger partial charge is 0.182 e. The number of aryl methyl sites for hydroxylation is 1.